The van der Waals surface area contributed by atoms with Gasteiger partial charge < -0.3 is 15.7 Å². The van der Waals surface area contributed by atoms with E-state index in [1.54, 1.807) is 17.0 Å². The molecular weight excluding hydrogens is 268 g/mol. The topological polar surface area (TPSA) is 95.2 Å². The molecule has 1 atom stereocenters. The number of nitrogens with zero attached hydrogens (tertiary/aromatic N) is 2. The highest BCUT2D eigenvalue weighted by Gasteiger charge is 2.27. The molecule has 4 N–H and O–H groups in total. The number of amides is 1. The van der Waals surface area contributed by atoms with Crippen LogP contribution in [-0.2, 0) is 0 Å². The van der Waals surface area contributed by atoms with Gasteiger partial charge in [-0.25, -0.2) is 0 Å². The molecule has 6 nitrogen and oxygen atoms in total. The van der Waals surface area contributed by atoms with E-state index in [-0.39, 0.29) is 17.9 Å². The predicted molar refractivity (Wildman–Crippen MR) is 80.8 cm³/mol. The van der Waals surface area contributed by atoms with Gasteiger partial charge in [0.1, 0.15) is 0 Å². The van der Waals surface area contributed by atoms with Crippen molar-refractivity contribution < 1.29 is 9.90 Å². The van der Waals surface area contributed by atoms with Gasteiger partial charge in [-0.2, -0.15) is 5.10 Å². The highest BCUT2D eigenvalue weighted by molar-refractivity contribution is 6.05. The van der Waals surface area contributed by atoms with Gasteiger partial charge in [-0.1, -0.05) is 0 Å². The minimum absolute atomic E-state index is 0.0732. The van der Waals surface area contributed by atoms with Crippen molar-refractivity contribution in [2.24, 2.45) is 5.92 Å². The third kappa shape index (κ3) is 2.58. The van der Waals surface area contributed by atoms with Gasteiger partial charge in [0.05, 0.1) is 11.6 Å². The van der Waals surface area contributed by atoms with Gasteiger partial charge in [-0.15, -0.1) is 0 Å². The zero-order valence-corrected chi connectivity index (χ0v) is 12.0. The molecular formula is C15H20N4O2. The molecule has 0 spiro atoms. The van der Waals surface area contributed by atoms with E-state index in [2.05, 4.69) is 10.2 Å². The smallest absolute Gasteiger partial charge is 0.274 e. The Balaban J connectivity index is 1.80. The maximum absolute atomic E-state index is 12.6. The molecule has 0 saturated carbocycles. The normalized spacial score (nSPS) is 18.1. The van der Waals surface area contributed by atoms with Gasteiger partial charge in [0.25, 0.3) is 5.91 Å². The minimum Gasteiger partial charge on any atom is -0.399 e. The predicted octanol–water partition coefficient (Wildman–Crippen LogP) is 1.38. The third-order valence-electron chi connectivity index (χ3n) is 4.30. The number of nitrogens with one attached hydrogen (secondary N) is 1. The molecule has 0 aliphatic carbocycles. The van der Waals surface area contributed by atoms with Gasteiger partial charge in [0.15, 0.2) is 5.69 Å². The molecule has 21 heavy (non-hydrogen) atoms. The number of benzene rings is 1. The van der Waals surface area contributed by atoms with E-state index >= 15 is 0 Å². The Bertz CT molecular complexity index is 657. The molecule has 0 bridgehead atoms. The molecule has 1 aromatic heterocycles. The lowest BCUT2D eigenvalue weighted by Crippen LogP contribution is -2.40. The quantitative estimate of drug-likeness (QED) is 0.727. The number of H-pyrrole nitrogens is 1. The second kappa shape index (κ2) is 5.37. The van der Waals surface area contributed by atoms with Crippen LogP contribution in [0, 0.1) is 5.92 Å². The molecule has 2 heterocycles. The van der Waals surface area contributed by atoms with Crippen LogP contribution in [0.2, 0.25) is 0 Å². The average Bonchev–Trinajstić information content (AvgIpc) is 2.89. The maximum Gasteiger partial charge on any atom is 0.274 e. The molecule has 0 radical (unpaired) electrons. The van der Waals surface area contributed by atoms with E-state index in [4.69, 9.17) is 5.73 Å². The van der Waals surface area contributed by atoms with E-state index in [0.717, 1.165) is 23.7 Å². The molecule has 1 aromatic carbocycles. The van der Waals surface area contributed by atoms with Gasteiger partial charge in [0, 0.05) is 24.2 Å². The second-order valence-electron chi connectivity index (χ2n) is 5.75. The lowest BCUT2D eigenvalue weighted by atomic mass is 9.92. The van der Waals surface area contributed by atoms with Crippen LogP contribution in [0.5, 0.6) is 0 Å². The molecule has 3 rings (SSSR count). The van der Waals surface area contributed by atoms with Crippen molar-refractivity contribution in [3.05, 3.63) is 23.9 Å². The average molecular weight is 288 g/mol. The molecule has 6 heteroatoms. The lowest BCUT2D eigenvalue weighted by Gasteiger charge is -2.32. The number of carbonyl (C=O) groups excluding carboxylic acids is 1. The Kier molecular flexibility index (Phi) is 3.55. The summed E-state index contributed by atoms with van der Waals surface area (Å²) in [6.07, 6.45) is 1.34. The molecule has 1 aliphatic rings. The van der Waals surface area contributed by atoms with Gasteiger partial charge in [0.2, 0.25) is 0 Å². The summed E-state index contributed by atoms with van der Waals surface area (Å²) in [5.74, 6) is 0.205. The molecule has 1 amide bonds. The monoisotopic (exact) mass is 288 g/mol. The highest BCUT2D eigenvalue weighted by atomic mass is 16.3. The minimum atomic E-state index is -0.312. The number of aromatic amines is 1. The van der Waals surface area contributed by atoms with E-state index in [9.17, 15) is 9.90 Å². The van der Waals surface area contributed by atoms with Crippen LogP contribution in [0.1, 0.15) is 30.3 Å². The molecule has 1 saturated heterocycles. The SMILES string of the molecule is CC(O)C1CCN(C(=O)c2n[nH]c3ccc(N)cc23)CC1. The van der Waals surface area contributed by atoms with Gasteiger partial charge >= 0.3 is 0 Å². The number of fused-ring (bicyclic) bond motifs is 1. The summed E-state index contributed by atoms with van der Waals surface area (Å²) in [6, 6.07) is 5.38. The van der Waals surface area contributed by atoms with E-state index in [0.29, 0.717) is 24.5 Å². The molecule has 1 unspecified atom stereocenters. The largest absolute Gasteiger partial charge is 0.399 e. The Morgan fingerprint density at radius 3 is 2.86 bits per heavy atom. The molecule has 2 aromatic rings. The van der Waals surface area contributed by atoms with E-state index in [1.165, 1.54) is 0 Å². The Morgan fingerprint density at radius 1 is 1.48 bits per heavy atom. The number of nitrogen functional groups attached to an aromatic ring is 1. The number of carbonyl (C=O) groups is 1. The number of nitrogens with two attached hydrogens (primary N) is 1. The number of piperidine rings is 1. The number of aliphatic hydroxyl groups excluding tert-OH is 1. The van der Waals surface area contributed by atoms with Crippen molar-refractivity contribution in [2.75, 3.05) is 18.8 Å². The van der Waals surface area contributed by atoms with Gasteiger partial charge in [-0.05, 0) is 43.9 Å². The summed E-state index contributed by atoms with van der Waals surface area (Å²) in [5, 5.41) is 17.4. The van der Waals surface area contributed by atoms with Crippen molar-refractivity contribution in [2.45, 2.75) is 25.9 Å². The Labute approximate surface area is 122 Å². The van der Waals surface area contributed by atoms with Crippen LogP contribution in [0.3, 0.4) is 0 Å². The summed E-state index contributed by atoms with van der Waals surface area (Å²) >= 11 is 0. The fraction of sp³-hybridized carbons (Fsp3) is 0.467. The molecule has 112 valence electrons. The van der Waals surface area contributed by atoms with Crippen molar-refractivity contribution in [3.8, 4) is 0 Å². The second-order valence-corrected chi connectivity index (χ2v) is 5.75. The van der Waals surface area contributed by atoms with Crippen LogP contribution >= 0.6 is 0 Å². The van der Waals surface area contributed by atoms with E-state index in [1.807, 2.05) is 13.0 Å². The zero-order chi connectivity index (χ0) is 15.0. The standard InChI is InChI=1S/C15H20N4O2/c1-9(20)10-4-6-19(7-5-10)15(21)14-12-8-11(16)2-3-13(12)17-18-14/h2-3,8-10,20H,4-7,16H2,1H3,(H,17,18). The number of hydrogen-bond donors (Lipinski definition) is 3. The number of hydrogen-bond acceptors (Lipinski definition) is 4. The van der Waals surface area contributed by atoms with Crippen LogP contribution in [-0.4, -0.2) is 45.3 Å². The third-order valence-corrected chi connectivity index (χ3v) is 4.30. The number of aliphatic hydroxyl groups is 1. The van der Waals surface area contributed by atoms with Crippen LogP contribution in [0.15, 0.2) is 18.2 Å². The highest BCUT2D eigenvalue weighted by Crippen LogP contribution is 2.24. The van der Waals surface area contributed by atoms with Crippen LogP contribution < -0.4 is 5.73 Å². The lowest BCUT2D eigenvalue weighted by molar-refractivity contribution is 0.0518. The van der Waals surface area contributed by atoms with E-state index < -0.39 is 0 Å². The first-order valence-corrected chi connectivity index (χ1v) is 7.27. The first-order valence-electron chi connectivity index (χ1n) is 7.27. The number of aromatic nitrogens is 2. The summed E-state index contributed by atoms with van der Waals surface area (Å²) in [7, 11) is 0. The molecule has 1 aliphatic heterocycles. The number of rotatable bonds is 2. The zero-order valence-electron chi connectivity index (χ0n) is 12.0. The Hall–Kier alpha value is -2.08. The van der Waals surface area contributed by atoms with Gasteiger partial charge in [-0.3, -0.25) is 9.89 Å². The van der Waals surface area contributed by atoms with Crippen molar-refractivity contribution in [1.82, 2.24) is 15.1 Å². The summed E-state index contributed by atoms with van der Waals surface area (Å²) in [5.41, 5.74) is 7.64. The van der Waals surface area contributed by atoms with Crippen molar-refractivity contribution in [1.29, 1.82) is 0 Å². The summed E-state index contributed by atoms with van der Waals surface area (Å²) in [6.45, 7) is 3.13. The first-order chi connectivity index (χ1) is 10.1. The maximum atomic E-state index is 12.6. The van der Waals surface area contributed by atoms with Crippen molar-refractivity contribution >= 4 is 22.5 Å². The Morgan fingerprint density at radius 2 is 2.19 bits per heavy atom. The van der Waals surface area contributed by atoms with Crippen LogP contribution in [0.4, 0.5) is 5.69 Å². The summed E-state index contributed by atoms with van der Waals surface area (Å²) in [4.78, 5) is 14.4. The first kappa shape index (κ1) is 13.9. The number of anilines is 1. The fourth-order valence-corrected chi connectivity index (χ4v) is 2.93. The van der Waals surface area contributed by atoms with Crippen molar-refractivity contribution in [3.63, 3.8) is 0 Å². The summed E-state index contributed by atoms with van der Waals surface area (Å²) < 4.78 is 0. The number of likely N-dealkylation sites (tertiary alicyclic amines) is 1. The fourth-order valence-electron chi connectivity index (χ4n) is 2.93. The van der Waals surface area contributed by atoms with Crippen LogP contribution in [0.25, 0.3) is 10.9 Å². The molecule has 1 fully saturated rings.